The number of nitriles is 1. The Morgan fingerprint density at radius 2 is 1.93 bits per heavy atom. The number of hydrogen-bond donors (Lipinski definition) is 2. The number of sulfonamides is 1. The number of aromatic nitrogens is 1. The van der Waals surface area contributed by atoms with Gasteiger partial charge in [0.2, 0.25) is 10.0 Å². The molecule has 1 heterocycles. The van der Waals surface area contributed by atoms with Crippen LogP contribution in [0.25, 0.3) is 0 Å². The average Bonchev–Trinajstić information content (AvgIpc) is 2.90. The summed E-state index contributed by atoms with van der Waals surface area (Å²) in [6.07, 6.45) is -3.77. The third kappa shape index (κ3) is 4.75. The first kappa shape index (κ1) is 22.4. The predicted octanol–water partition coefficient (Wildman–Crippen LogP) is 2.83. The fraction of sp³-hybridized carbons (Fsp3) is 0.294. The molecule has 2 rings (SSSR count). The van der Waals surface area contributed by atoms with Crippen LogP contribution < -0.4 is 10.0 Å². The number of carbonyl (C=O) groups excluding carboxylic acids is 1. The van der Waals surface area contributed by atoms with Crippen molar-refractivity contribution in [3.63, 3.8) is 0 Å². The van der Waals surface area contributed by atoms with Crippen LogP contribution in [0.5, 0.6) is 0 Å². The van der Waals surface area contributed by atoms with Crippen molar-refractivity contribution in [2.24, 2.45) is 7.05 Å². The van der Waals surface area contributed by atoms with Gasteiger partial charge in [0.15, 0.2) is 0 Å². The van der Waals surface area contributed by atoms with Crippen molar-refractivity contribution in [2.75, 3.05) is 5.32 Å². The van der Waals surface area contributed by atoms with Crippen LogP contribution in [0, 0.1) is 24.1 Å². The molecule has 0 aliphatic rings. The molecule has 1 aromatic heterocycles. The molecule has 0 saturated carbocycles. The molecule has 2 aromatic rings. The zero-order chi connectivity index (χ0) is 22.1. The van der Waals surface area contributed by atoms with Gasteiger partial charge < -0.3 is 9.88 Å². The van der Waals surface area contributed by atoms with Gasteiger partial charge >= 0.3 is 6.18 Å². The van der Waals surface area contributed by atoms with E-state index in [1.165, 1.54) is 24.8 Å². The van der Waals surface area contributed by atoms with Gasteiger partial charge in [-0.25, -0.2) is 12.8 Å². The monoisotopic (exact) mass is 432 g/mol. The van der Waals surface area contributed by atoms with Crippen LogP contribution in [-0.4, -0.2) is 31.1 Å². The number of aryl methyl sites for hydroxylation is 1. The third-order valence-electron chi connectivity index (χ3n) is 4.06. The fourth-order valence-corrected chi connectivity index (χ4v) is 4.08. The molecule has 0 spiro atoms. The van der Waals surface area contributed by atoms with Gasteiger partial charge in [0.1, 0.15) is 28.5 Å². The van der Waals surface area contributed by atoms with E-state index in [0.29, 0.717) is 6.92 Å². The van der Waals surface area contributed by atoms with Crippen molar-refractivity contribution in [3.8, 4) is 6.07 Å². The van der Waals surface area contributed by atoms with Gasteiger partial charge in [0.25, 0.3) is 5.91 Å². The van der Waals surface area contributed by atoms with Crippen LogP contribution in [0.4, 0.5) is 23.2 Å². The molecule has 0 saturated heterocycles. The lowest BCUT2D eigenvalue weighted by molar-refractivity contribution is -0.147. The van der Waals surface area contributed by atoms with E-state index >= 15 is 0 Å². The van der Waals surface area contributed by atoms with E-state index in [-0.39, 0.29) is 22.5 Å². The maximum atomic E-state index is 13.4. The molecule has 7 nitrogen and oxygen atoms in total. The van der Waals surface area contributed by atoms with Gasteiger partial charge in [-0.1, -0.05) is 0 Å². The first-order chi connectivity index (χ1) is 13.3. The number of alkyl halides is 3. The maximum Gasteiger partial charge on any atom is 0.404 e. The van der Waals surface area contributed by atoms with Gasteiger partial charge in [-0.3, -0.25) is 4.79 Å². The van der Waals surface area contributed by atoms with E-state index in [1.54, 1.807) is 6.07 Å². The minimum absolute atomic E-state index is 0.0745. The first-order valence-corrected chi connectivity index (χ1v) is 9.52. The van der Waals surface area contributed by atoms with Gasteiger partial charge in [-0.15, -0.1) is 0 Å². The number of hydrogen-bond acceptors (Lipinski definition) is 4. The molecule has 0 radical (unpaired) electrons. The fourth-order valence-electron chi connectivity index (χ4n) is 2.56. The van der Waals surface area contributed by atoms with E-state index in [9.17, 15) is 30.8 Å². The van der Waals surface area contributed by atoms with Crippen LogP contribution in [0.15, 0.2) is 29.3 Å². The third-order valence-corrected chi connectivity index (χ3v) is 5.72. The number of halogens is 4. The van der Waals surface area contributed by atoms with E-state index in [1.807, 2.05) is 0 Å². The predicted molar refractivity (Wildman–Crippen MR) is 95.1 cm³/mol. The molecule has 1 amide bonds. The smallest absolute Gasteiger partial charge is 0.345 e. The number of anilines is 1. The first-order valence-electron chi connectivity index (χ1n) is 8.04. The van der Waals surface area contributed by atoms with E-state index in [4.69, 9.17) is 5.26 Å². The van der Waals surface area contributed by atoms with Crippen molar-refractivity contribution >= 4 is 21.6 Å². The lowest BCUT2D eigenvalue weighted by Gasteiger charge is -2.17. The number of benzene rings is 1. The number of nitrogens with zero attached hydrogens (tertiary/aromatic N) is 2. The largest absolute Gasteiger partial charge is 0.404 e. The maximum absolute atomic E-state index is 13.4. The van der Waals surface area contributed by atoms with Crippen molar-refractivity contribution in [3.05, 3.63) is 47.0 Å². The van der Waals surface area contributed by atoms with Gasteiger partial charge in [0, 0.05) is 18.9 Å². The summed E-state index contributed by atoms with van der Waals surface area (Å²) in [6.45, 7) is 1.93. The summed E-state index contributed by atoms with van der Waals surface area (Å²) in [5.74, 6) is -1.57. The number of carbonyl (C=O) groups is 1. The molecule has 0 aliphatic carbocycles. The Morgan fingerprint density at radius 3 is 2.48 bits per heavy atom. The summed E-state index contributed by atoms with van der Waals surface area (Å²) < 4.78 is 78.8. The highest BCUT2D eigenvalue weighted by molar-refractivity contribution is 7.89. The lowest BCUT2D eigenvalue weighted by atomic mass is 10.2. The molecule has 156 valence electrons. The molecule has 29 heavy (non-hydrogen) atoms. The highest BCUT2D eigenvalue weighted by Crippen LogP contribution is 2.25. The Morgan fingerprint density at radius 1 is 1.31 bits per heavy atom. The minimum atomic E-state index is -4.78. The molecule has 0 unspecified atom stereocenters. The highest BCUT2D eigenvalue weighted by Gasteiger charge is 2.39. The van der Waals surface area contributed by atoms with Gasteiger partial charge in [-0.2, -0.15) is 23.2 Å². The van der Waals surface area contributed by atoms with E-state index in [0.717, 1.165) is 22.9 Å². The summed E-state index contributed by atoms with van der Waals surface area (Å²) in [6, 6.07) is 2.56. The van der Waals surface area contributed by atoms with Crippen LogP contribution in [0.2, 0.25) is 0 Å². The molecule has 2 N–H and O–H groups in total. The van der Waals surface area contributed by atoms with Crippen molar-refractivity contribution in [2.45, 2.75) is 31.0 Å². The Bertz CT molecular complexity index is 1100. The Kier molecular flexibility index (Phi) is 6.05. The molecular formula is C17H16F4N4O3S. The standard InChI is InChI=1S/C17H16F4N4O3S/c1-9-14(29(27,28)24-10(2)17(19,20)21)8-25(3)15(9)16(26)23-12-4-5-13(18)11(6-12)7-22/h4-6,8,10,24H,1-3H3,(H,23,26)/t10-/m0/s1. The van der Waals surface area contributed by atoms with Crippen molar-refractivity contribution < 1.29 is 30.8 Å². The molecule has 0 bridgehead atoms. The summed E-state index contributed by atoms with van der Waals surface area (Å²) >= 11 is 0. The average molecular weight is 432 g/mol. The Hall–Kier alpha value is -2.91. The van der Waals surface area contributed by atoms with E-state index in [2.05, 4.69) is 5.32 Å². The number of rotatable bonds is 5. The zero-order valence-electron chi connectivity index (χ0n) is 15.4. The van der Waals surface area contributed by atoms with Crippen LogP contribution in [0.1, 0.15) is 28.5 Å². The second-order valence-corrected chi connectivity index (χ2v) is 7.91. The Labute approximate surface area is 164 Å². The summed E-state index contributed by atoms with van der Waals surface area (Å²) in [4.78, 5) is 12.1. The molecule has 12 heteroatoms. The molecule has 1 atom stereocenters. The Balaban J connectivity index is 2.36. The normalized spacial score (nSPS) is 13.0. The summed E-state index contributed by atoms with van der Waals surface area (Å²) in [5, 5.41) is 11.2. The molecule has 1 aromatic carbocycles. The van der Waals surface area contributed by atoms with Crippen LogP contribution in [-0.2, 0) is 17.1 Å². The number of nitrogens with one attached hydrogen (secondary N) is 2. The van der Waals surface area contributed by atoms with Gasteiger partial charge in [0.05, 0.1) is 5.56 Å². The molecule has 0 aliphatic heterocycles. The second kappa shape index (κ2) is 7.84. The summed E-state index contributed by atoms with van der Waals surface area (Å²) in [5.41, 5.74) is -0.427. The lowest BCUT2D eigenvalue weighted by Crippen LogP contribution is -2.43. The summed E-state index contributed by atoms with van der Waals surface area (Å²) in [7, 11) is -3.21. The molecular weight excluding hydrogens is 416 g/mol. The van der Waals surface area contributed by atoms with Crippen LogP contribution in [0.3, 0.4) is 0 Å². The van der Waals surface area contributed by atoms with E-state index < -0.39 is 38.9 Å². The van der Waals surface area contributed by atoms with Crippen LogP contribution >= 0.6 is 0 Å². The van der Waals surface area contributed by atoms with Crippen molar-refractivity contribution in [1.29, 1.82) is 5.26 Å². The quantitative estimate of drug-likeness (QED) is 0.709. The topological polar surface area (TPSA) is 104 Å². The van der Waals surface area contributed by atoms with Gasteiger partial charge in [-0.05, 0) is 37.6 Å². The SMILES string of the molecule is Cc1c(S(=O)(=O)N[C@@H](C)C(F)(F)F)cn(C)c1C(=O)Nc1ccc(F)c(C#N)c1. The second-order valence-electron chi connectivity index (χ2n) is 6.22. The zero-order valence-corrected chi connectivity index (χ0v) is 16.2. The molecule has 0 fully saturated rings. The number of amides is 1. The minimum Gasteiger partial charge on any atom is -0.345 e. The highest BCUT2D eigenvalue weighted by atomic mass is 32.2. The van der Waals surface area contributed by atoms with Crippen molar-refractivity contribution in [1.82, 2.24) is 9.29 Å².